The van der Waals surface area contributed by atoms with Crippen LogP contribution in [0.3, 0.4) is 0 Å². The Morgan fingerprint density at radius 1 is 1.09 bits per heavy atom. The Hall–Kier alpha value is -3.91. The van der Waals surface area contributed by atoms with Gasteiger partial charge in [-0.3, -0.25) is 9.78 Å². The standard InChI is InChI=1S/C23H20ClN5O3/c1-32-21-10-9-15(24)12-19(21)27-23(31)26-13-20-17-7-2-3-8-18(17)22(30)29(28-20)14-16-6-4-5-11-25-16/h2-12H,13-14H2,1H3,(H2,26,27,31). The second kappa shape index (κ2) is 9.49. The lowest BCUT2D eigenvalue weighted by Crippen LogP contribution is -2.31. The van der Waals surface area contributed by atoms with Crippen molar-refractivity contribution in [2.24, 2.45) is 0 Å². The van der Waals surface area contributed by atoms with Crippen molar-refractivity contribution < 1.29 is 9.53 Å². The Kier molecular flexibility index (Phi) is 6.32. The molecule has 2 aromatic heterocycles. The van der Waals surface area contributed by atoms with E-state index in [-0.39, 0.29) is 18.6 Å². The normalized spacial score (nSPS) is 10.7. The van der Waals surface area contributed by atoms with Crippen molar-refractivity contribution in [2.45, 2.75) is 13.1 Å². The summed E-state index contributed by atoms with van der Waals surface area (Å²) in [6, 6.07) is 17.1. The number of aromatic nitrogens is 3. The Balaban J connectivity index is 1.58. The summed E-state index contributed by atoms with van der Waals surface area (Å²) in [5.41, 5.74) is 1.49. The number of carbonyl (C=O) groups is 1. The molecule has 0 aliphatic carbocycles. The molecule has 4 aromatic rings. The van der Waals surface area contributed by atoms with E-state index in [0.717, 1.165) is 0 Å². The maximum absolute atomic E-state index is 12.9. The lowest BCUT2D eigenvalue weighted by atomic mass is 10.1. The first kappa shape index (κ1) is 21.3. The first-order chi connectivity index (χ1) is 15.5. The fourth-order valence-electron chi connectivity index (χ4n) is 3.30. The monoisotopic (exact) mass is 449 g/mol. The second-order valence-corrected chi connectivity index (χ2v) is 7.36. The van der Waals surface area contributed by atoms with Gasteiger partial charge in [0.2, 0.25) is 0 Å². The van der Waals surface area contributed by atoms with Crippen molar-refractivity contribution in [3.8, 4) is 5.75 Å². The van der Waals surface area contributed by atoms with Gasteiger partial charge in [-0.05, 0) is 36.4 Å². The molecule has 2 heterocycles. The molecule has 0 aliphatic rings. The molecule has 0 saturated carbocycles. The van der Waals surface area contributed by atoms with Crippen molar-refractivity contribution in [3.63, 3.8) is 0 Å². The average Bonchev–Trinajstić information content (AvgIpc) is 2.81. The molecule has 162 valence electrons. The van der Waals surface area contributed by atoms with Crippen molar-refractivity contribution in [1.82, 2.24) is 20.1 Å². The third kappa shape index (κ3) is 4.70. The van der Waals surface area contributed by atoms with E-state index in [1.54, 1.807) is 36.5 Å². The molecule has 2 aromatic carbocycles. The number of pyridine rings is 1. The summed E-state index contributed by atoms with van der Waals surface area (Å²) < 4.78 is 6.61. The number of amides is 2. The molecule has 0 saturated heterocycles. The molecule has 4 rings (SSSR count). The van der Waals surface area contributed by atoms with Crippen LogP contribution in [0.1, 0.15) is 11.4 Å². The van der Waals surface area contributed by atoms with Crippen molar-refractivity contribution >= 4 is 34.1 Å². The van der Waals surface area contributed by atoms with E-state index >= 15 is 0 Å². The minimum absolute atomic E-state index is 0.109. The molecule has 32 heavy (non-hydrogen) atoms. The summed E-state index contributed by atoms with van der Waals surface area (Å²) in [4.78, 5) is 29.7. The molecule has 2 amide bonds. The molecule has 0 aliphatic heterocycles. The number of methoxy groups -OCH3 is 1. The van der Waals surface area contributed by atoms with Crippen LogP contribution in [0.4, 0.5) is 10.5 Å². The minimum atomic E-state index is -0.459. The number of ether oxygens (including phenoxy) is 1. The van der Waals surface area contributed by atoms with Gasteiger partial charge in [0.05, 0.1) is 42.7 Å². The summed E-state index contributed by atoms with van der Waals surface area (Å²) in [5, 5.41) is 11.7. The summed E-state index contributed by atoms with van der Waals surface area (Å²) in [5.74, 6) is 0.483. The molecule has 9 heteroatoms. The lowest BCUT2D eigenvalue weighted by Gasteiger charge is -2.13. The summed E-state index contributed by atoms with van der Waals surface area (Å²) in [6.45, 7) is 0.334. The van der Waals surface area contributed by atoms with E-state index in [0.29, 0.717) is 38.6 Å². The van der Waals surface area contributed by atoms with E-state index in [1.165, 1.54) is 11.8 Å². The number of fused-ring (bicyclic) bond motifs is 1. The summed E-state index contributed by atoms with van der Waals surface area (Å²) >= 11 is 6.02. The van der Waals surface area contributed by atoms with Gasteiger partial charge in [0, 0.05) is 16.6 Å². The highest BCUT2D eigenvalue weighted by molar-refractivity contribution is 6.31. The van der Waals surface area contributed by atoms with Crippen LogP contribution in [0.25, 0.3) is 10.8 Å². The highest BCUT2D eigenvalue weighted by Gasteiger charge is 2.13. The summed E-state index contributed by atoms with van der Waals surface area (Å²) in [6.07, 6.45) is 1.67. The summed E-state index contributed by atoms with van der Waals surface area (Å²) in [7, 11) is 1.51. The maximum atomic E-state index is 12.9. The Morgan fingerprint density at radius 2 is 1.88 bits per heavy atom. The van der Waals surface area contributed by atoms with E-state index in [9.17, 15) is 9.59 Å². The Bertz CT molecular complexity index is 1320. The maximum Gasteiger partial charge on any atom is 0.319 e. The minimum Gasteiger partial charge on any atom is -0.495 e. The third-order valence-electron chi connectivity index (χ3n) is 4.81. The van der Waals surface area contributed by atoms with E-state index in [2.05, 4.69) is 20.7 Å². The van der Waals surface area contributed by atoms with Gasteiger partial charge in [0.1, 0.15) is 5.75 Å². The van der Waals surface area contributed by atoms with Crippen LogP contribution in [-0.4, -0.2) is 27.9 Å². The van der Waals surface area contributed by atoms with Crippen LogP contribution in [0.5, 0.6) is 5.75 Å². The van der Waals surface area contributed by atoms with Crippen molar-refractivity contribution in [2.75, 3.05) is 12.4 Å². The highest BCUT2D eigenvalue weighted by Crippen LogP contribution is 2.27. The zero-order valence-corrected chi connectivity index (χ0v) is 18.0. The van der Waals surface area contributed by atoms with Crippen LogP contribution >= 0.6 is 11.6 Å². The zero-order valence-electron chi connectivity index (χ0n) is 17.2. The number of carbonyl (C=O) groups excluding carboxylic acids is 1. The molecule has 2 N–H and O–H groups in total. The number of benzene rings is 2. The van der Waals surface area contributed by atoms with Crippen LogP contribution in [-0.2, 0) is 13.1 Å². The molecule has 8 nitrogen and oxygen atoms in total. The Labute approximate surface area is 188 Å². The topological polar surface area (TPSA) is 98.1 Å². The van der Waals surface area contributed by atoms with Gasteiger partial charge >= 0.3 is 6.03 Å². The number of nitrogens with zero attached hydrogens (tertiary/aromatic N) is 3. The van der Waals surface area contributed by atoms with E-state index in [1.807, 2.05) is 30.3 Å². The number of halogens is 1. The second-order valence-electron chi connectivity index (χ2n) is 6.93. The Morgan fingerprint density at radius 3 is 2.62 bits per heavy atom. The number of anilines is 1. The van der Waals surface area contributed by atoms with Crippen LogP contribution in [0.15, 0.2) is 71.7 Å². The van der Waals surface area contributed by atoms with Gasteiger partial charge in [0.25, 0.3) is 5.56 Å². The number of urea groups is 1. The van der Waals surface area contributed by atoms with E-state index < -0.39 is 6.03 Å². The third-order valence-corrected chi connectivity index (χ3v) is 5.04. The van der Waals surface area contributed by atoms with Gasteiger partial charge in [-0.2, -0.15) is 5.10 Å². The van der Waals surface area contributed by atoms with Crippen molar-refractivity contribution in [3.05, 3.63) is 93.6 Å². The first-order valence-electron chi connectivity index (χ1n) is 9.82. The molecule has 0 bridgehead atoms. The number of hydrogen-bond acceptors (Lipinski definition) is 5. The highest BCUT2D eigenvalue weighted by atomic mass is 35.5. The van der Waals surface area contributed by atoms with Gasteiger partial charge in [0.15, 0.2) is 0 Å². The fourth-order valence-corrected chi connectivity index (χ4v) is 3.47. The van der Waals surface area contributed by atoms with Gasteiger partial charge in [-0.25, -0.2) is 9.48 Å². The predicted octanol–water partition coefficient (Wildman–Crippen LogP) is 3.82. The molecular formula is C23H20ClN5O3. The molecule has 0 unspecified atom stereocenters. The zero-order chi connectivity index (χ0) is 22.5. The van der Waals surface area contributed by atoms with Crippen LogP contribution < -0.4 is 20.9 Å². The number of hydrogen-bond donors (Lipinski definition) is 2. The van der Waals surface area contributed by atoms with Gasteiger partial charge in [-0.1, -0.05) is 35.9 Å². The van der Waals surface area contributed by atoms with Crippen LogP contribution in [0, 0.1) is 0 Å². The number of rotatable bonds is 6. The van der Waals surface area contributed by atoms with Crippen LogP contribution in [0.2, 0.25) is 5.02 Å². The van der Waals surface area contributed by atoms with Crippen molar-refractivity contribution in [1.29, 1.82) is 0 Å². The smallest absolute Gasteiger partial charge is 0.319 e. The average molecular weight is 450 g/mol. The lowest BCUT2D eigenvalue weighted by molar-refractivity contribution is 0.251. The SMILES string of the molecule is COc1ccc(Cl)cc1NC(=O)NCc1nn(Cc2ccccn2)c(=O)c2ccccc12. The molecule has 0 atom stereocenters. The van der Waals surface area contributed by atoms with Gasteiger partial charge in [-0.15, -0.1) is 0 Å². The first-order valence-corrected chi connectivity index (χ1v) is 10.2. The van der Waals surface area contributed by atoms with E-state index in [4.69, 9.17) is 16.3 Å². The number of nitrogens with one attached hydrogen (secondary N) is 2. The van der Waals surface area contributed by atoms with Gasteiger partial charge < -0.3 is 15.4 Å². The molecule has 0 fully saturated rings. The quantitative estimate of drug-likeness (QED) is 0.466. The molecule has 0 radical (unpaired) electrons. The largest absolute Gasteiger partial charge is 0.495 e. The predicted molar refractivity (Wildman–Crippen MR) is 123 cm³/mol. The fraction of sp³-hybridized carbons (Fsp3) is 0.130. The molecule has 0 spiro atoms. The molecular weight excluding hydrogens is 430 g/mol.